The second-order valence-electron chi connectivity index (χ2n) is 6.14. The van der Waals surface area contributed by atoms with Gasteiger partial charge in [-0.2, -0.15) is 0 Å². The van der Waals surface area contributed by atoms with E-state index in [1.807, 2.05) is 30.3 Å². The zero-order valence-electron chi connectivity index (χ0n) is 13.7. The van der Waals surface area contributed by atoms with Crippen LogP contribution in [0.25, 0.3) is 0 Å². The van der Waals surface area contributed by atoms with Gasteiger partial charge in [-0.15, -0.1) is 0 Å². The van der Waals surface area contributed by atoms with Crippen molar-refractivity contribution >= 4 is 11.9 Å². The first kappa shape index (κ1) is 17.5. The summed E-state index contributed by atoms with van der Waals surface area (Å²) < 4.78 is 5.53. The predicted octanol–water partition coefficient (Wildman–Crippen LogP) is 2.84. The predicted molar refractivity (Wildman–Crippen MR) is 86.9 cm³/mol. The molecule has 0 aromatic heterocycles. The molecule has 1 amide bonds. The maximum atomic E-state index is 12.3. The van der Waals surface area contributed by atoms with Gasteiger partial charge in [0, 0.05) is 7.05 Å². The fourth-order valence-electron chi connectivity index (χ4n) is 3.16. The van der Waals surface area contributed by atoms with E-state index in [-0.39, 0.29) is 12.3 Å². The average Bonchev–Trinajstić information content (AvgIpc) is 2.59. The molecule has 0 saturated heterocycles. The van der Waals surface area contributed by atoms with Crippen LogP contribution < -0.4 is 0 Å². The number of hydrogen-bond donors (Lipinski definition) is 1. The van der Waals surface area contributed by atoms with Gasteiger partial charge in [-0.1, -0.05) is 49.6 Å². The van der Waals surface area contributed by atoms with Gasteiger partial charge in [-0.25, -0.2) is 4.79 Å². The van der Waals surface area contributed by atoms with Gasteiger partial charge in [0.25, 0.3) is 0 Å². The third-order valence-corrected chi connectivity index (χ3v) is 4.67. The lowest BCUT2D eigenvalue weighted by molar-refractivity contribution is -0.160. The molecule has 0 heterocycles. The number of carboxylic acid groups (broad SMARTS) is 1. The molecule has 0 aliphatic heterocycles. The topological polar surface area (TPSA) is 66.8 Å². The Balaban J connectivity index is 1.83. The van der Waals surface area contributed by atoms with Crippen molar-refractivity contribution in [3.05, 3.63) is 35.9 Å². The van der Waals surface area contributed by atoms with Gasteiger partial charge < -0.3 is 14.7 Å². The molecule has 1 aromatic rings. The highest BCUT2D eigenvalue weighted by atomic mass is 16.5. The minimum atomic E-state index is -1.03. The van der Waals surface area contributed by atoms with Crippen molar-refractivity contribution in [2.45, 2.75) is 50.7 Å². The molecule has 5 heteroatoms. The van der Waals surface area contributed by atoms with E-state index in [0.29, 0.717) is 26.1 Å². The molecule has 23 heavy (non-hydrogen) atoms. The van der Waals surface area contributed by atoms with Gasteiger partial charge in [0.1, 0.15) is 5.54 Å². The second-order valence-corrected chi connectivity index (χ2v) is 6.14. The number of carboxylic acids is 1. The van der Waals surface area contributed by atoms with Crippen molar-refractivity contribution in [1.29, 1.82) is 0 Å². The molecule has 1 aliphatic rings. The fourth-order valence-corrected chi connectivity index (χ4v) is 3.16. The molecule has 1 fully saturated rings. The van der Waals surface area contributed by atoms with Gasteiger partial charge in [-0.05, 0) is 18.4 Å². The molecule has 0 atom stereocenters. The molecule has 1 aliphatic carbocycles. The first-order valence-corrected chi connectivity index (χ1v) is 8.18. The van der Waals surface area contributed by atoms with E-state index in [0.717, 1.165) is 24.8 Å². The van der Waals surface area contributed by atoms with Crippen molar-refractivity contribution in [3.63, 3.8) is 0 Å². The molecule has 0 unspecified atom stereocenters. The van der Waals surface area contributed by atoms with E-state index in [1.165, 1.54) is 4.90 Å². The average molecular weight is 319 g/mol. The number of nitrogens with zero attached hydrogens (tertiary/aromatic N) is 1. The zero-order valence-corrected chi connectivity index (χ0v) is 13.7. The highest BCUT2D eigenvalue weighted by Crippen LogP contribution is 2.33. The third-order valence-electron chi connectivity index (χ3n) is 4.67. The van der Waals surface area contributed by atoms with Gasteiger partial charge in [0.05, 0.1) is 19.6 Å². The number of carbonyl (C=O) groups is 2. The lowest BCUT2D eigenvalue weighted by Crippen LogP contribution is -2.56. The van der Waals surface area contributed by atoms with Gasteiger partial charge in [-0.3, -0.25) is 4.79 Å². The smallest absolute Gasteiger partial charge is 0.329 e. The van der Waals surface area contributed by atoms with Crippen LogP contribution in [0.3, 0.4) is 0 Å². The molecular formula is C18H25NO4. The summed E-state index contributed by atoms with van der Waals surface area (Å²) in [5.41, 5.74) is 0.0250. The summed E-state index contributed by atoms with van der Waals surface area (Å²) in [7, 11) is 1.61. The van der Waals surface area contributed by atoms with Gasteiger partial charge in [0.15, 0.2) is 0 Å². The summed E-state index contributed by atoms with van der Waals surface area (Å²) in [6.07, 6.45) is 4.03. The summed E-state index contributed by atoms with van der Waals surface area (Å²) in [6, 6.07) is 9.76. The summed E-state index contributed by atoms with van der Waals surface area (Å²) in [5.74, 6) is -1.05. The fraction of sp³-hybridized carbons (Fsp3) is 0.556. The van der Waals surface area contributed by atoms with Gasteiger partial charge >= 0.3 is 5.97 Å². The Morgan fingerprint density at radius 3 is 2.43 bits per heavy atom. The van der Waals surface area contributed by atoms with Crippen molar-refractivity contribution in [2.24, 2.45) is 0 Å². The van der Waals surface area contributed by atoms with Crippen LogP contribution >= 0.6 is 0 Å². The molecular weight excluding hydrogens is 294 g/mol. The van der Waals surface area contributed by atoms with Crippen LogP contribution in [-0.4, -0.2) is 41.1 Å². The highest BCUT2D eigenvalue weighted by molar-refractivity contribution is 5.87. The Labute approximate surface area is 137 Å². The summed E-state index contributed by atoms with van der Waals surface area (Å²) in [6.45, 7) is 0.760. The molecule has 2 rings (SSSR count). The number of amides is 1. The lowest BCUT2D eigenvalue weighted by Gasteiger charge is -2.41. The minimum absolute atomic E-state index is 0.164. The summed E-state index contributed by atoms with van der Waals surface area (Å²) >= 11 is 0. The van der Waals surface area contributed by atoms with E-state index in [2.05, 4.69) is 0 Å². The first-order valence-electron chi connectivity index (χ1n) is 8.18. The third kappa shape index (κ3) is 4.32. The maximum absolute atomic E-state index is 12.3. The molecule has 1 saturated carbocycles. The number of hydrogen-bond acceptors (Lipinski definition) is 3. The zero-order chi connectivity index (χ0) is 16.7. The monoisotopic (exact) mass is 319 g/mol. The second kappa shape index (κ2) is 8.11. The molecule has 1 aromatic carbocycles. The van der Waals surface area contributed by atoms with E-state index in [1.54, 1.807) is 7.05 Å². The number of benzene rings is 1. The molecule has 0 bridgehead atoms. The van der Waals surface area contributed by atoms with Crippen molar-refractivity contribution < 1.29 is 19.4 Å². The van der Waals surface area contributed by atoms with E-state index in [4.69, 9.17) is 4.74 Å². The Bertz CT molecular complexity index is 523. The number of likely N-dealkylation sites (N-methyl/N-ethyl adjacent to an activating group) is 1. The Hall–Kier alpha value is -1.88. The normalized spacial score (nSPS) is 16.7. The Morgan fingerprint density at radius 2 is 1.83 bits per heavy atom. The molecule has 0 spiro atoms. The molecule has 5 nitrogen and oxygen atoms in total. The standard InChI is InChI=1S/C18H25NO4/c1-19(18(17(21)22)11-6-3-7-12-18)16(20)10-13-23-14-15-8-4-2-5-9-15/h2,4-5,8-9H,3,6-7,10-14H2,1H3,(H,21,22). The van der Waals surface area contributed by atoms with Crippen LogP contribution in [0.2, 0.25) is 0 Å². The number of ether oxygens (including phenoxy) is 1. The largest absolute Gasteiger partial charge is 0.479 e. The van der Waals surface area contributed by atoms with Crippen molar-refractivity contribution in [1.82, 2.24) is 4.90 Å². The van der Waals surface area contributed by atoms with Crippen LogP contribution in [0, 0.1) is 0 Å². The van der Waals surface area contributed by atoms with Crippen LogP contribution in [-0.2, 0) is 20.9 Å². The molecule has 126 valence electrons. The quantitative estimate of drug-likeness (QED) is 0.785. The maximum Gasteiger partial charge on any atom is 0.329 e. The highest BCUT2D eigenvalue weighted by Gasteiger charge is 2.45. The number of aliphatic carboxylic acids is 1. The van der Waals surface area contributed by atoms with Crippen molar-refractivity contribution in [2.75, 3.05) is 13.7 Å². The Kier molecular flexibility index (Phi) is 6.16. The number of carbonyl (C=O) groups excluding carboxylic acids is 1. The summed E-state index contributed by atoms with van der Waals surface area (Å²) in [5, 5.41) is 9.60. The Morgan fingerprint density at radius 1 is 1.17 bits per heavy atom. The van der Waals surface area contributed by atoms with E-state index < -0.39 is 11.5 Å². The SMILES string of the molecule is CN(C(=O)CCOCc1ccccc1)C1(C(=O)O)CCCCC1. The molecule has 0 radical (unpaired) electrons. The summed E-state index contributed by atoms with van der Waals surface area (Å²) in [4.78, 5) is 25.5. The number of rotatable bonds is 7. The van der Waals surface area contributed by atoms with Crippen LogP contribution in [0.15, 0.2) is 30.3 Å². The van der Waals surface area contributed by atoms with Gasteiger partial charge in [0.2, 0.25) is 5.91 Å². The minimum Gasteiger partial charge on any atom is -0.479 e. The van der Waals surface area contributed by atoms with Crippen LogP contribution in [0.5, 0.6) is 0 Å². The molecule has 1 N–H and O–H groups in total. The van der Waals surface area contributed by atoms with E-state index >= 15 is 0 Å². The van der Waals surface area contributed by atoms with Crippen LogP contribution in [0.4, 0.5) is 0 Å². The van der Waals surface area contributed by atoms with Crippen LogP contribution in [0.1, 0.15) is 44.1 Å². The van der Waals surface area contributed by atoms with Crippen molar-refractivity contribution in [3.8, 4) is 0 Å². The first-order chi connectivity index (χ1) is 11.1. The lowest BCUT2D eigenvalue weighted by atomic mass is 9.80. The van der Waals surface area contributed by atoms with E-state index in [9.17, 15) is 14.7 Å².